The van der Waals surface area contributed by atoms with E-state index in [9.17, 15) is 14.0 Å². The van der Waals surface area contributed by atoms with E-state index in [1.807, 2.05) is 6.07 Å². The van der Waals surface area contributed by atoms with Crippen LogP contribution in [0.2, 0.25) is 0 Å². The Morgan fingerprint density at radius 2 is 2.00 bits per heavy atom. The number of carbonyl (C=O) groups excluding carboxylic acids is 1. The molecule has 1 aliphatic heterocycles. The van der Waals surface area contributed by atoms with Gasteiger partial charge in [0.05, 0.1) is 5.52 Å². The van der Waals surface area contributed by atoms with Gasteiger partial charge >= 0.3 is 0 Å². The lowest BCUT2D eigenvalue weighted by Gasteiger charge is -2.32. The fourth-order valence-corrected chi connectivity index (χ4v) is 4.09. The monoisotopic (exact) mass is 438 g/mol. The van der Waals surface area contributed by atoms with E-state index in [4.69, 9.17) is 0 Å². The number of hydrogen-bond donors (Lipinski definition) is 2. The number of aromatic nitrogens is 3. The molecule has 3 heterocycles. The van der Waals surface area contributed by atoms with Gasteiger partial charge in [-0.2, -0.15) is 0 Å². The molecule has 1 fully saturated rings. The summed E-state index contributed by atoms with van der Waals surface area (Å²) in [5.41, 5.74) is 5.31. The zero-order valence-corrected chi connectivity index (χ0v) is 18.5. The molecule has 0 unspecified atom stereocenters. The molecule has 2 aromatic heterocycles. The Labute approximate surface area is 185 Å². The van der Waals surface area contributed by atoms with Gasteiger partial charge in [-0.25, -0.2) is 14.4 Å². The number of nitrogens with zero attached hydrogens (tertiary/aromatic N) is 4. The van der Waals surface area contributed by atoms with Crippen LogP contribution in [0.15, 0.2) is 35.3 Å². The molecule has 0 atom stereocenters. The lowest BCUT2D eigenvalue weighted by atomic mass is 9.90. The molecule has 8 nitrogen and oxygen atoms in total. The zero-order valence-electron chi connectivity index (χ0n) is 18.5. The summed E-state index contributed by atoms with van der Waals surface area (Å²) in [6.45, 7) is 3.74. The molecule has 4 rings (SSSR count). The molecule has 0 aliphatic carbocycles. The van der Waals surface area contributed by atoms with Gasteiger partial charge in [0, 0.05) is 32.4 Å². The second kappa shape index (κ2) is 9.13. The number of pyridine rings is 1. The van der Waals surface area contributed by atoms with E-state index < -0.39 is 5.82 Å². The summed E-state index contributed by atoms with van der Waals surface area (Å²) in [6, 6.07) is 7.22. The summed E-state index contributed by atoms with van der Waals surface area (Å²) in [5.74, 6) is -0.291. The van der Waals surface area contributed by atoms with Crippen LogP contribution in [0.5, 0.6) is 0 Å². The Bertz CT molecular complexity index is 1180. The number of halogens is 1. The van der Waals surface area contributed by atoms with E-state index in [0.717, 1.165) is 31.5 Å². The molecule has 32 heavy (non-hydrogen) atoms. The first-order valence-electron chi connectivity index (χ1n) is 10.7. The maximum absolute atomic E-state index is 15.0. The van der Waals surface area contributed by atoms with Crippen molar-refractivity contribution in [1.82, 2.24) is 30.3 Å². The quantitative estimate of drug-likeness (QED) is 0.594. The van der Waals surface area contributed by atoms with Crippen LogP contribution >= 0.6 is 0 Å². The highest BCUT2D eigenvalue weighted by molar-refractivity contribution is 5.91. The van der Waals surface area contributed by atoms with E-state index in [1.54, 1.807) is 50.4 Å². The molecule has 1 aliphatic rings. The minimum absolute atomic E-state index is 0.164. The van der Waals surface area contributed by atoms with E-state index in [1.165, 1.54) is 0 Å². The maximum Gasteiger partial charge on any atom is 0.284 e. The Kier molecular flexibility index (Phi) is 6.29. The second-order valence-electron chi connectivity index (χ2n) is 8.45. The van der Waals surface area contributed by atoms with Crippen molar-refractivity contribution in [3.8, 4) is 0 Å². The van der Waals surface area contributed by atoms with Gasteiger partial charge in [0.25, 0.3) is 11.5 Å². The lowest BCUT2D eigenvalue weighted by molar-refractivity contribution is 0.0851. The number of H-pyrrole nitrogens is 1. The van der Waals surface area contributed by atoms with Gasteiger partial charge in [-0.05, 0) is 56.5 Å². The van der Waals surface area contributed by atoms with Crippen molar-refractivity contribution >= 4 is 16.9 Å². The van der Waals surface area contributed by atoms with Crippen molar-refractivity contribution in [2.45, 2.75) is 32.2 Å². The summed E-state index contributed by atoms with van der Waals surface area (Å²) in [5, 5.41) is 1.58. The van der Waals surface area contributed by atoms with Crippen molar-refractivity contribution < 1.29 is 9.18 Å². The van der Waals surface area contributed by atoms with Crippen molar-refractivity contribution in [3.05, 3.63) is 69.1 Å². The summed E-state index contributed by atoms with van der Waals surface area (Å²) in [7, 11) is 3.50. The van der Waals surface area contributed by atoms with Crippen LogP contribution < -0.4 is 11.0 Å². The highest BCUT2D eigenvalue weighted by atomic mass is 19.1. The minimum Gasteiger partial charge on any atom is -0.317 e. The van der Waals surface area contributed by atoms with Gasteiger partial charge in [-0.15, -0.1) is 0 Å². The summed E-state index contributed by atoms with van der Waals surface area (Å²) < 4.78 is 15.0. The average Bonchev–Trinajstić information content (AvgIpc) is 2.77. The number of hydrazine groups is 1. The van der Waals surface area contributed by atoms with Crippen LogP contribution in [0, 0.1) is 12.7 Å². The van der Waals surface area contributed by atoms with Gasteiger partial charge in [-0.1, -0.05) is 12.1 Å². The number of fused-ring (bicyclic) bond motifs is 1. The first-order valence-corrected chi connectivity index (χ1v) is 10.7. The fraction of sp³-hybridized carbons (Fsp3) is 0.391. The minimum atomic E-state index is -0.412. The van der Waals surface area contributed by atoms with Gasteiger partial charge < -0.3 is 4.98 Å². The molecular formula is C23H27FN6O2. The molecule has 0 radical (unpaired) electrons. The largest absolute Gasteiger partial charge is 0.317 e. The Balaban J connectivity index is 1.39. The predicted molar refractivity (Wildman–Crippen MR) is 120 cm³/mol. The number of benzene rings is 1. The van der Waals surface area contributed by atoms with Crippen LogP contribution in [0.3, 0.4) is 0 Å². The Hall–Kier alpha value is -3.17. The van der Waals surface area contributed by atoms with Gasteiger partial charge in [0.1, 0.15) is 16.9 Å². The number of piperidine rings is 1. The third-order valence-electron chi connectivity index (χ3n) is 5.85. The van der Waals surface area contributed by atoms with Crippen LogP contribution in [0.25, 0.3) is 11.0 Å². The Morgan fingerprint density at radius 1 is 1.25 bits per heavy atom. The summed E-state index contributed by atoms with van der Waals surface area (Å²) in [4.78, 5) is 37.2. The number of aryl methyl sites for hydroxylation is 1. The van der Waals surface area contributed by atoms with Crippen LogP contribution in [0.1, 0.15) is 46.1 Å². The SMILES string of the molecule is Cc1nc2ccc(CN3CCC(c4ccc(C(=O)NN(C)C)nc4)CC3)c(F)c2[nH]c1=O. The summed E-state index contributed by atoms with van der Waals surface area (Å²) in [6.07, 6.45) is 3.63. The second-order valence-corrected chi connectivity index (χ2v) is 8.45. The standard InChI is InChI=1S/C23H27FN6O2/c1-14-22(31)27-21-18(26-14)6-5-17(20(21)24)13-30-10-8-15(9-11-30)16-4-7-19(25-12-16)23(32)28-29(2)3/h4-7,12,15H,8-11,13H2,1-3H3,(H,27,31)(H,28,32). The molecule has 168 valence electrons. The third kappa shape index (κ3) is 4.68. The van der Waals surface area contributed by atoms with Crippen molar-refractivity contribution in [1.29, 1.82) is 0 Å². The van der Waals surface area contributed by atoms with Gasteiger partial charge in [-0.3, -0.25) is 24.9 Å². The lowest BCUT2D eigenvalue weighted by Crippen LogP contribution is -2.36. The van der Waals surface area contributed by atoms with E-state index in [0.29, 0.717) is 34.9 Å². The molecule has 1 aromatic carbocycles. The highest BCUT2D eigenvalue weighted by Gasteiger charge is 2.23. The molecule has 3 aromatic rings. The molecule has 0 bridgehead atoms. The zero-order chi connectivity index (χ0) is 22.8. The summed E-state index contributed by atoms with van der Waals surface area (Å²) >= 11 is 0. The highest BCUT2D eigenvalue weighted by Crippen LogP contribution is 2.29. The number of aromatic amines is 1. The number of rotatable bonds is 5. The Morgan fingerprint density at radius 3 is 2.66 bits per heavy atom. The maximum atomic E-state index is 15.0. The smallest absolute Gasteiger partial charge is 0.284 e. The van der Waals surface area contributed by atoms with Gasteiger partial charge in [0.2, 0.25) is 0 Å². The van der Waals surface area contributed by atoms with E-state index in [2.05, 4.69) is 25.3 Å². The number of hydrogen-bond acceptors (Lipinski definition) is 6. The molecule has 9 heteroatoms. The predicted octanol–water partition coefficient (Wildman–Crippen LogP) is 2.35. The topological polar surface area (TPSA) is 94.2 Å². The van der Waals surface area contributed by atoms with Crippen molar-refractivity contribution in [2.75, 3.05) is 27.2 Å². The molecule has 2 N–H and O–H groups in total. The number of likely N-dealkylation sites (tertiary alicyclic amines) is 1. The molecule has 1 saturated heterocycles. The van der Waals surface area contributed by atoms with E-state index in [-0.39, 0.29) is 17.0 Å². The fourth-order valence-electron chi connectivity index (χ4n) is 4.09. The molecular weight excluding hydrogens is 411 g/mol. The normalized spacial score (nSPS) is 15.4. The number of nitrogens with one attached hydrogen (secondary N) is 2. The van der Waals surface area contributed by atoms with Gasteiger partial charge in [0.15, 0.2) is 5.82 Å². The van der Waals surface area contributed by atoms with E-state index >= 15 is 0 Å². The van der Waals surface area contributed by atoms with Crippen LogP contribution in [-0.2, 0) is 6.54 Å². The first kappa shape index (κ1) is 22.0. The van der Waals surface area contributed by atoms with Crippen molar-refractivity contribution in [3.63, 3.8) is 0 Å². The molecule has 0 spiro atoms. The third-order valence-corrected chi connectivity index (χ3v) is 5.85. The number of amides is 1. The van der Waals surface area contributed by atoms with Crippen LogP contribution in [0.4, 0.5) is 4.39 Å². The molecule has 0 saturated carbocycles. The average molecular weight is 439 g/mol. The number of carbonyl (C=O) groups is 1. The molecule has 1 amide bonds. The first-order chi connectivity index (χ1) is 15.3. The van der Waals surface area contributed by atoms with Crippen molar-refractivity contribution in [2.24, 2.45) is 0 Å². The van der Waals surface area contributed by atoms with Crippen LogP contribution in [-0.4, -0.2) is 58.0 Å².